The second kappa shape index (κ2) is 4.52. The largest absolute Gasteiger partial charge is 0.449 e. The first-order valence-corrected chi connectivity index (χ1v) is 6.00. The van der Waals surface area contributed by atoms with Crippen LogP contribution in [0.15, 0.2) is 0 Å². The van der Waals surface area contributed by atoms with Crippen molar-refractivity contribution in [1.29, 1.82) is 0 Å². The van der Waals surface area contributed by atoms with E-state index in [0.717, 1.165) is 12.8 Å². The summed E-state index contributed by atoms with van der Waals surface area (Å²) in [5.41, 5.74) is -1.09. The molecule has 2 aliphatic heterocycles. The van der Waals surface area contributed by atoms with Crippen LogP contribution >= 0.6 is 0 Å². The number of ether oxygens (including phenoxy) is 1. The number of likely N-dealkylation sites (tertiary alicyclic amines) is 1. The Labute approximate surface area is 99.9 Å². The van der Waals surface area contributed by atoms with Crippen LogP contribution < -0.4 is 5.32 Å². The Morgan fingerprint density at radius 1 is 1.71 bits per heavy atom. The normalized spacial score (nSPS) is 30.6. The second-order valence-corrected chi connectivity index (χ2v) is 4.64. The third kappa shape index (κ3) is 1.86. The number of hydrogen-bond acceptors (Lipinski definition) is 4. The fraction of sp³-hybridized carbons (Fsp3) is 0.818. The number of carbonyl (C=O) groups excluding carboxylic acids is 2. The highest BCUT2D eigenvalue weighted by molar-refractivity contribution is 5.94. The third-order valence-corrected chi connectivity index (χ3v) is 3.47. The van der Waals surface area contributed by atoms with Gasteiger partial charge in [-0.3, -0.25) is 9.69 Å². The van der Waals surface area contributed by atoms with Gasteiger partial charge in [-0.1, -0.05) is 13.3 Å². The van der Waals surface area contributed by atoms with Gasteiger partial charge in [-0.25, -0.2) is 4.79 Å². The van der Waals surface area contributed by atoms with Crippen molar-refractivity contribution >= 4 is 12.0 Å². The molecule has 17 heavy (non-hydrogen) atoms. The van der Waals surface area contributed by atoms with Crippen molar-refractivity contribution in [1.82, 2.24) is 10.2 Å². The molecule has 96 valence electrons. The van der Waals surface area contributed by atoms with Crippen LogP contribution in [0.2, 0.25) is 0 Å². The maximum Gasteiger partial charge on any atom is 0.410 e. The zero-order valence-corrected chi connectivity index (χ0v) is 9.94. The fourth-order valence-electron chi connectivity index (χ4n) is 2.46. The maximum atomic E-state index is 11.8. The van der Waals surface area contributed by atoms with Gasteiger partial charge < -0.3 is 15.2 Å². The van der Waals surface area contributed by atoms with Crippen molar-refractivity contribution in [3.8, 4) is 0 Å². The Kier molecular flexibility index (Phi) is 3.24. The first kappa shape index (κ1) is 12.2. The zero-order chi connectivity index (χ0) is 12.5. The molecule has 2 aliphatic rings. The zero-order valence-electron chi connectivity index (χ0n) is 9.94. The summed E-state index contributed by atoms with van der Waals surface area (Å²) in [6, 6.07) is -0.0478. The van der Waals surface area contributed by atoms with E-state index in [2.05, 4.69) is 5.32 Å². The summed E-state index contributed by atoms with van der Waals surface area (Å²) in [6.07, 6.45) is 1.73. The van der Waals surface area contributed by atoms with Crippen LogP contribution in [-0.4, -0.2) is 53.3 Å². The average molecular weight is 242 g/mol. The van der Waals surface area contributed by atoms with Gasteiger partial charge in [-0.05, 0) is 6.42 Å². The molecule has 0 aromatic rings. The third-order valence-electron chi connectivity index (χ3n) is 3.47. The summed E-state index contributed by atoms with van der Waals surface area (Å²) < 4.78 is 5.09. The van der Waals surface area contributed by atoms with Crippen LogP contribution in [0.5, 0.6) is 0 Å². The van der Waals surface area contributed by atoms with Crippen molar-refractivity contribution in [3.05, 3.63) is 0 Å². The molecular formula is C11H18N2O4. The predicted octanol–water partition coefficient (Wildman–Crippen LogP) is -0.142. The number of fused-ring (bicyclic) bond motifs is 2. The quantitative estimate of drug-likeness (QED) is 0.672. The van der Waals surface area contributed by atoms with E-state index in [-0.39, 0.29) is 18.6 Å². The van der Waals surface area contributed by atoms with E-state index in [1.54, 1.807) is 0 Å². The number of aliphatic hydroxyl groups is 1. The van der Waals surface area contributed by atoms with Crippen molar-refractivity contribution in [2.45, 2.75) is 37.8 Å². The number of rotatable bonds is 4. The Balaban J connectivity index is 2.01. The molecule has 0 aromatic heterocycles. The minimum atomic E-state index is -1.09. The number of nitrogens with zero attached hydrogens (tertiary/aromatic N) is 1. The number of hydrogen-bond donors (Lipinski definition) is 2. The lowest BCUT2D eigenvalue weighted by atomic mass is 9.99. The van der Waals surface area contributed by atoms with E-state index in [4.69, 9.17) is 4.74 Å². The molecule has 2 rings (SSSR count). The summed E-state index contributed by atoms with van der Waals surface area (Å²) >= 11 is 0. The lowest BCUT2D eigenvalue weighted by molar-refractivity contribution is -0.132. The van der Waals surface area contributed by atoms with Gasteiger partial charge >= 0.3 is 6.09 Å². The van der Waals surface area contributed by atoms with Crippen LogP contribution in [0, 0.1) is 0 Å². The molecule has 0 aliphatic carbocycles. The monoisotopic (exact) mass is 242 g/mol. The van der Waals surface area contributed by atoms with E-state index in [9.17, 15) is 14.7 Å². The summed E-state index contributed by atoms with van der Waals surface area (Å²) in [6.45, 7) is 2.45. The highest BCUT2D eigenvalue weighted by Gasteiger charge is 2.59. The number of aliphatic hydroxyl groups excluding tert-OH is 1. The summed E-state index contributed by atoms with van der Waals surface area (Å²) in [7, 11) is 0. The van der Waals surface area contributed by atoms with E-state index in [0.29, 0.717) is 19.6 Å². The highest BCUT2D eigenvalue weighted by atomic mass is 16.6. The smallest absolute Gasteiger partial charge is 0.410 e. The van der Waals surface area contributed by atoms with Crippen molar-refractivity contribution in [2.75, 3.05) is 19.8 Å². The number of amides is 2. The molecule has 0 spiro atoms. The highest BCUT2D eigenvalue weighted by Crippen LogP contribution is 2.35. The lowest BCUT2D eigenvalue weighted by Crippen LogP contribution is -2.60. The summed E-state index contributed by atoms with van der Waals surface area (Å²) in [5, 5.41) is 12.1. The summed E-state index contributed by atoms with van der Waals surface area (Å²) in [5.74, 6) is -0.274. The molecule has 6 heteroatoms. The molecule has 0 saturated carbocycles. The Morgan fingerprint density at radius 3 is 3.06 bits per heavy atom. The van der Waals surface area contributed by atoms with Gasteiger partial charge in [0.1, 0.15) is 5.54 Å². The molecule has 2 heterocycles. The molecule has 2 fully saturated rings. The molecule has 0 aromatic carbocycles. The summed E-state index contributed by atoms with van der Waals surface area (Å²) in [4.78, 5) is 24.9. The van der Waals surface area contributed by atoms with Gasteiger partial charge in [0.25, 0.3) is 0 Å². The number of carbonyl (C=O) groups is 2. The van der Waals surface area contributed by atoms with Crippen molar-refractivity contribution in [3.63, 3.8) is 0 Å². The van der Waals surface area contributed by atoms with Crippen LogP contribution in [-0.2, 0) is 9.53 Å². The topological polar surface area (TPSA) is 78.9 Å². The van der Waals surface area contributed by atoms with Crippen molar-refractivity contribution in [2.24, 2.45) is 0 Å². The van der Waals surface area contributed by atoms with E-state index in [1.807, 2.05) is 6.92 Å². The second-order valence-electron chi connectivity index (χ2n) is 4.64. The standard InChI is InChI=1S/C11H18N2O4/c1-2-3-4-17-10(16)13-6-8-5-11(13,7-14)9(15)12-8/h8,14H,2-7H2,1H3,(H,12,15). The Bertz CT molecular complexity index is 333. The average Bonchev–Trinajstić information content (AvgIpc) is 2.83. The van der Waals surface area contributed by atoms with E-state index < -0.39 is 11.6 Å². The van der Waals surface area contributed by atoms with Gasteiger partial charge in [0, 0.05) is 19.0 Å². The van der Waals surface area contributed by atoms with Crippen LogP contribution in [0.1, 0.15) is 26.2 Å². The molecule has 2 N–H and O–H groups in total. The van der Waals surface area contributed by atoms with Gasteiger partial charge in [0.2, 0.25) is 5.91 Å². The predicted molar refractivity (Wildman–Crippen MR) is 59.3 cm³/mol. The molecule has 2 amide bonds. The number of nitrogens with one attached hydrogen (secondary N) is 1. The molecular weight excluding hydrogens is 224 g/mol. The van der Waals surface area contributed by atoms with Crippen LogP contribution in [0.3, 0.4) is 0 Å². The van der Waals surface area contributed by atoms with E-state index >= 15 is 0 Å². The molecule has 0 radical (unpaired) electrons. The van der Waals surface area contributed by atoms with Gasteiger partial charge in [0.15, 0.2) is 0 Å². The number of unbranched alkanes of at least 4 members (excludes halogenated alkanes) is 1. The van der Waals surface area contributed by atoms with Crippen LogP contribution in [0.25, 0.3) is 0 Å². The minimum absolute atomic E-state index is 0.0478. The Morgan fingerprint density at radius 2 is 2.47 bits per heavy atom. The first-order valence-electron chi connectivity index (χ1n) is 6.00. The number of piperazine rings is 1. The fourth-order valence-corrected chi connectivity index (χ4v) is 2.46. The molecule has 6 nitrogen and oxygen atoms in total. The van der Waals surface area contributed by atoms with Crippen LogP contribution in [0.4, 0.5) is 4.79 Å². The minimum Gasteiger partial charge on any atom is -0.449 e. The molecule has 2 saturated heterocycles. The Hall–Kier alpha value is -1.30. The van der Waals surface area contributed by atoms with Gasteiger partial charge in [0.05, 0.1) is 13.2 Å². The van der Waals surface area contributed by atoms with Gasteiger partial charge in [-0.2, -0.15) is 0 Å². The molecule has 2 unspecified atom stereocenters. The van der Waals surface area contributed by atoms with Crippen molar-refractivity contribution < 1.29 is 19.4 Å². The van der Waals surface area contributed by atoms with E-state index in [1.165, 1.54) is 4.90 Å². The lowest BCUT2D eigenvalue weighted by Gasteiger charge is -2.34. The molecule has 2 bridgehead atoms. The molecule has 2 atom stereocenters. The van der Waals surface area contributed by atoms with Gasteiger partial charge in [-0.15, -0.1) is 0 Å². The maximum absolute atomic E-state index is 11.8. The first-order chi connectivity index (χ1) is 8.14. The SMILES string of the molecule is CCCCOC(=O)N1CC2CC1(CO)C(=O)N2.